The van der Waals surface area contributed by atoms with Gasteiger partial charge in [0.2, 0.25) is 5.91 Å². The molecule has 96 valence electrons. The number of aliphatic hydroxyl groups excluding tert-OH is 1. The predicted octanol–water partition coefficient (Wildman–Crippen LogP) is 1.66. The van der Waals surface area contributed by atoms with E-state index in [2.05, 4.69) is 5.32 Å². The lowest BCUT2D eigenvalue weighted by atomic mass is 10.2. The first-order valence-corrected chi connectivity index (χ1v) is 6.20. The maximum atomic E-state index is 11.7. The quantitative estimate of drug-likeness (QED) is 0.843. The second kappa shape index (κ2) is 5.69. The van der Waals surface area contributed by atoms with Crippen LogP contribution >= 0.6 is 0 Å². The molecule has 1 aromatic heterocycles. The van der Waals surface area contributed by atoms with Crippen molar-refractivity contribution in [2.45, 2.75) is 26.5 Å². The van der Waals surface area contributed by atoms with E-state index >= 15 is 0 Å². The molecule has 2 rings (SSSR count). The minimum Gasteiger partial charge on any atom is -0.392 e. The van der Waals surface area contributed by atoms with Crippen LogP contribution in [0.4, 0.5) is 0 Å². The highest BCUT2D eigenvalue weighted by Crippen LogP contribution is 2.17. The normalized spacial score (nSPS) is 10.8. The van der Waals surface area contributed by atoms with Crippen molar-refractivity contribution in [2.24, 2.45) is 0 Å². The summed E-state index contributed by atoms with van der Waals surface area (Å²) in [6.45, 7) is 3.07. The summed E-state index contributed by atoms with van der Waals surface area (Å²) < 4.78 is 1.90. The Morgan fingerprint density at radius 2 is 2.22 bits per heavy atom. The Morgan fingerprint density at radius 3 is 2.94 bits per heavy atom. The van der Waals surface area contributed by atoms with Gasteiger partial charge in [0.1, 0.15) is 6.54 Å². The van der Waals surface area contributed by atoms with Crippen LogP contribution in [0.5, 0.6) is 0 Å². The molecule has 0 unspecified atom stereocenters. The van der Waals surface area contributed by atoms with E-state index in [0.717, 1.165) is 22.9 Å². The highest BCUT2D eigenvalue weighted by atomic mass is 16.3. The SMILES string of the molecule is CCCNC(=O)Cn1ccc2ccc(CO)cc21. The summed E-state index contributed by atoms with van der Waals surface area (Å²) in [5, 5.41) is 13.1. The van der Waals surface area contributed by atoms with Gasteiger partial charge >= 0.3 is 0 Å². The summed E-state index contributed by atoms with van der Waals surface area (Å²) in [4.78, 5) is 11.7. The minimum absolute atomic E-state index is 0.0170. The van der Waals surface area contributed by atoms with Crippen LogP contribution in [0.25, 0.3) is 10.9 Å². The van der Waals surface area contributed by atoms with Crippen molar-refractivity contribution in [3.8, 4) is 0 Å². The number of aliphatic hydroxyl groups is 1. The fraction of sp³-hybridized carbons (Fsp3) is 0.357. The number of nitrogens with one attached hydrogen (secondary N) is 1. The van der Waals surface area contributed by atoms with Crippen molar-refractivity contribution in [3.63, 3.8) is 0 Å². The lowest BCUT2D eigenvalue weighted by Gasteiger charge is -2.07. The van der Waals surface area contributed by atoms with Gasteiger partial charge in [0.15, 0.2) is 0 Å². The summed E-state index contributed by atoms with van der Waals surface area (Å²) in [6, 6.07) is 7.75. The molecule has 0 saturated heterocycles. The molecule has 0 spiro atoms. The van der Waals surface area contributed by atoms with Crippen molar-refractivity contribution >= 4 is 16.8 Å². The van der Waals surface area contributed by atoms with Crippen LogP contribution in [0.3, 0.4) is 0 Å². The molecule has 2 N–H and O–H groups in total. The van der Waals surface area contributed by atoms with E-state index in [9.17, 15) is 4.79 Å². The number of amides is 1. The van der Waals surface area contributed by atoms with Crippen LogP contribution in [-0.2, 0) is 17.9 Å². The molecule has 0 aliphatic heterocycles. The standard InChI is InChI=1S/C14H18N2O2/c1-2-6-15-14(18)9-16-7-5-12-4-3-11(10-17)8-13(12)16/h3-5,7-8,17H,2,6,9-10H2,1H3,(H,15,18). The van der Waals surface area contributed by atoms with Crippen LogP contribution in [0.1, 0.15) is 18.9 Å². The number of nitrogens with zero attached hydrogens (tertiary/aromatic N) is 1. The van der Waals surface area contributed by atoms with Gasteiger partial charge in [0, 0.05) is 18.3 Å². The van der Waals surface area contributed by atoms with E-state index in [0.29, 0.717) is 13.1 Å². The van der Waals surface area contributed by atoms with Gasteiger partial charge in [-0.2, -0.15) is 0 Å². The molecular weight excluding hydrogens is 228 g/mol. The summed E-state index contributed by atoms with van der Waals surface area (Å²) in [5.74, 6) is 0.0174. The highest BCUT2D eigenvalue weighted by molar-refractivity contribution is 5.83. The second-order valence-electron chi connectivity index (χ2n) is 4.34. The van der Waals surface area contributed by atoms with E-state index in [1.807, 2.05) is 42.0 Å². The van der Waals surface area contributed by atoms with Crippen LogP contribution in [-0.4, -0.2) is 22.1 Å². The van der Waals surface area contributed by atoms with Crippen molar-refractivity contribution in [1.29, 1.82) is 0 Å². The Balaban J connectivity index is 2.20. The van der Waals surface area contributed by atoms with Gasteiger partial charge in [-0.25, -0.2) is 0 Å². The molecule has 1 aromatic carbocycles. The lowest BCUT2D eigenvalue weighted by Crippen LogP contribution is -2.27. The Labute approximate surface area is 106 Å². The molecule has 0 atom stereocenters. The summed E-state index contributed by atoms with van der Waals surface area (Å²) >= 11 is 0. The molecule has 18 heavy (non-hydrogen) atoms. The highest BCUT2D eigenvalue weighted by Gasteiger charge is 2.06. The number of aromatic nitrogens is 1. The van der Waals surface area contributed by atoms with E-state index in [-0.39, 0.29) is 12.5 Å². The van der Waals surface area contributed by atoms with Crippen molar-refractivity contribution in [1.82, 2.24) is 9.88 Å². The number of hydrogen-bond donors (Lipinski definition) is 2. The zero-order valence-electron chi connectivity index (χ0n) is 10.5. The van der Waals surface area contributed by atoms with Gasteiger partial charge in [-0.05, 0) is 29.5 Å². The maximum Gasteiger partial charge on any atom is 0.239 e. The van der Waals surface area contributed by atoms with E-state index in [1.165, 1.54) is 0 Å². The largest absolute Gasteiger partial charge is 0.392 e. The number of carbonyl (C=O) groups is 1. The number of carbonyl (C=O) groups excluding carboxylic acids is 1. The van der Waals surface area contributed by atoms with Crippen molar-refractivity contribution in [2.75, 3.05) is 6.54 Å². The van der Waals surface area contributed by atoms with Gasteiger partial charge in [0.05, 0.1) is 6.61 Å². The van der Waals surface area contributed by atoms with Crippen LogP contribution < -0.4 is 5.32 Å². The average molecular weight is 246 g/mol. The van der Waals surface area contributed by atoms with Gasteiger partial charge in [-0.1, -0.05) is 19.1 Å². The number of fused-ring (bicyclic) bond motifs is 1. The second-order valence-corrected chi connectivity index (χ2v) is 4.34. The number of hydrogen-bond acceptors (Lipinski definition) is 2. The molecule has 0 aliphatic carbocycles. The Kier molecular flexibility index (Phi) is 3.99. The molecule has 1 amide bonds. The maximum absolute atomic E-state index is 11.7. The van der Waals surface area contributed by atoms with Gasteiger partial charge in [-0.3, -0.25) is 4.79 Å². The Morgan fingerprint density at radius 1 is 1.39 bits per heavy atom. The molecule has 1 heterocycles. The van der Waals surface area contributed by atoms with Crippen molar-refractivity contribution < 1.29 is 9.90 Å². The third-order valence-electron chi connectivity index (χ3n) is 2.91. The van der Waals surface area contributed by atoms with Crippen molar-refractivity contribution in [3.05, 3.63) is 36.0 Å². The summed E-state index contributed by atoms with van der Waals surface area (Å²) in [6.07, 6.45) is 2.84. The summed E-state index contributed by atoms with van der Waals surface area (Å²) in [5.41, 5.74) is 1.84. The topological polar surface area (TPSA) is 54.3 Å². The minimum atomic E-state index is 0.0170. The summed E-state index contributed by atoms with van der Waals surface area (Å²) in [7, 11) is 0. The molecular formula is C14H18N2O2. The molecule has 0 fully saturated rings. The monoisotopic (exact) mass is 246 g/mol. The fourth-order valence-corrected chi connectivity index (χ4v) is 1.94. The van der Waals surface area contributed by atoms with Crippen LogP contribution in [0, 0.1) is 0 Å². The molecule has 0 radical (unpaired) electrons. The lowest BCUT2D eigenvalue weighted by molar-refractivity contribution is -0.121. The zero-order chi connectivity index (χ0) is 13.0. The predicted molar refractivity (Wildman–Crippen MR) is 71.2 cm³/mol. The molecule has 2 aromatic rings. The zero-order valence-corrected chi connectivity index (χ0v) is 10.5. The first-order valence-electron chi connectivity index (χ1n) is 6.20. The Hall–Kier alpha value is -1.81. The molecule has 0 bridgehead atoms. The van der Waals surface area contributed by atoms with Gasteiger partial charge in [-0.15, -0.1) is 0 Å². The van der Waals surface area contributed by atoms with Gasteiger partial charge in [0.25, 0.3) is 0 Å². The third-order valence-corrected chi connectivity index (χ3v) is 2.91. The first-order chi connectivity index (χ1) is 8.74. The average Bonchev–Trinajstić information content (AvgIpc) is 2.78. The van der Waals surface area contributed by atoms with E-state index < -0.39 is 0 Å². The van der Waals surface area contributed by atoms with E-state index in [1.54, 1.807) is 0 Å². The number of rotatable bonds is 5. The van der Waals surface area contributed by atoms with E-state index in [4.69, 9.17) is 5.11 Å². The third kappa shape index (κ3) is 2.71. The molecule has 4 heteroatoms. The van der Waals surface area contributed by atoms with Crippen LogP contribution in [0.15, 0.2) is 30.5 Å². The smallest absolute Gasteiger partial charge is 0.239 e. The Bertz CT molecular complexity index is 546. The van der Waals surface area contributed by atoms with Crippen LogP contribution in [0.2, 0.25) is 0 Å². The fourth-order valence-electron chi connectivity index (χ4n) is 1.94. The molecule has 4 nitrogen and oxygen atoms in total. The molecule has 0 aliphatic rings. The van der Waals surface area contributed by atoms with Gasteiger partial charge < -0.3 is 15.0 Å². The molecule has 0 saturated carbocycles. The first kappa shape index (κ1) is 12.6. The number of benzene rings is 1.